The molecule has 5 rings (SSSR count). The summed E-state index contributed by atoms with van der Waals surface area (Å²) in [4.78, 5) is 17.2. The van der Waals surface area contributed by atoms with Gasteiger partial charge < -0.3 is 9.64 Å². The molecule has 8 nitrogen and oxygen atoms in total. The quantitative estimate of drug-likeness (QED) is 0.475. The fourth-order valence-corrected chi connectivity index (χ4v) is 4.28. The maximum absolute atomic E-state index is 13.8. The van der Waals surface area contributed by atoms with Crippen molar-refractivity contribution in [2.45, 2.75) is 26.3 Å². The number of nitrogens with zero attached hydrogens (tertiary/aromatic N) is 6. The summed E-state index contributed by atoms with van der Waals surface area (Å²) in [5, 5.41) is 12.8. The van der Waals surface area contributed by atoms with Gasteiger partial charge in [0.25, 0.3) is 5.91 Å². The molecule has 2 aromatic carbocycles. The molecule has 1 saturated heterocycles. The smallest absolute Gasteiger partial charge is 0.256 e. The van der Waals surface area contributed by atoms with Gasteiger partial charge in [0.15, 0.2) is 0 Å². The molecule has 3 heterocycles. The Balaban J connectivity index is 1.46. The van der Waals surface area contributed by atoms with E-state index in [1.807, 2.05) is 47.0 Å². The van der Waals surface area contributed by atoms with E-state index in [9.17, 15) is 4.79 Å². The number of aromatic nitrogens is 5. The topological polar surface area (TPSA) is 78.1 Å². The van der Waals surface area contributed by atoms with E-state index in [4.69, 9.17) is 4.74 Å². The van der Waals surface area contributed by atoms with Crippen molar-refractivity contribution < 1.29 is 9.53 Å². The lowest BCUT2D eigenvalue weighted by Gasteiger charge is -2.36. The van der Waals surface area contributed by atoms with Gasteiger partial charge in [0.2, 0.25) is 0 Å². The summed E-state index contributed by atoms with van der Waals surface area (Å²) in [6, 6.07) is 13.9. The van der Waals surface area contributed by atoms with Gasteiger partial charge in [-0.25, -0.2) is 4.68 Å². The number of hydrogen-bond acceptors (Lipinski definition) is 5. The van der Waals surface area contributed by atoms with Gasteiger partial charge in [0, 0.05) is 18.9 Å². The summed E-state index contributed by atoms with van der Waals surface area (Å²) in [6.45, 7) is 5.65. The Labute approximate surface area is 192 Å². The molecule has 1 fully saturated rings. The minimum Gasteiger partial charge on any atom is -0.377 e. The van der Waals surface area contributed by atoms with E-state index in [-0.39, 0.29) is 11.9 Å². The highest BCUT2D eigenvalue weighted by Crippen LogP contribution is 2.23. The van der Waals surface area contributed by atoms with Crippen molar-refractivity contribution in [3.8, 4) is 11.4 Å². The van der Waals surface area contributed by atoms with Crippen molar-refractivity contribution in [2.75, 3.05) is 19.8 Å². The highest BCUT2D eigenvalue weighted by Gasteiger charge is 2.30. The molecule has 1 amide bonds. The molecule has 1 aliphatic rings. The summed E-state index contributed by atoms with van der Waals surface area (Å²) < 4.78 is 7.64. The van der Waals surface area contributed by atoms with Crippen LogP contribution in [-0.2, 0) is 11.2 Å². The van der Waals surface area contributed by atoms with E-state index >= 15 is 0 Å². The maximum Gasteiger partial charge on any atom is 0.256 e. The summed E-state index contributed by atoms with van der Waals surface area (Å²) in [5.74, 6) is -0.0276. The predicted octanol–water partition coefficient (Wildman–Crippen LogP) is 3.15. The van der Waals surface area contributed by atoms with Gasteiger partial charge in [-0.3, -0.25) is 4.79 Å². The van der Waals surface area contributed by atoms with Gasteiger partial charge in [0.05, 0.1) is 48.6 Å². The standard InChI is InChI=1S/C25H26N6O2/c1-18-4-7-24(31-27-9-10-28-31)23(14-18)25(32)29-12-13-33-17-22(29)16-20-15-21(6-5-19(20)2)30-11-3-8-26-30/h3-11,14-15,22H,12-13,16-17H2,1-2H3. The van der Waals surface area contributed by atoms with Crippen LogP contribution in [0.1, 0.15) is 27.0 Å². The van der Waals surface area contributed by atoms with Crippen molar-refractivity contribution in [1.29, 1.82) is 0 Å². The first-order chi connectivity index (χ1) is 16.1. The van der Waals surface area contributed by atoms with Gasteiger partial charge in [0.1, 0.15) is 0 Å². The number of carbonyl (C=O) groups excluding carboxylic acids is 1. The number of ether oxygens (including phenoxy) is 1. The summed E-state index contributed by atoms with van der Waals surface area (Å²) in [7, 11) is 0. The molecule has 0 aliphatic carbocycles. The molecule has 168 valence electrons. The van der Waals surface area contributed by atoms with Gasteiger partial charge in [-0.15, -0.1) is 0 Å². The molecule has 8 heteroatoms. The average molecular weight is 443 g/mol. The number of morpholine rings is 1. The first-order valence-corrected chi connectivity index (χ1v) is 11.1. The molecule has 1 unspecified atom stereocenters. The van der Waals surface area contributed by atoms with Crippen LogP contribution >= 0.6 is 0 Å². The second kappa shape index (κ2) is 8.99. The number of benzene rings is 2. The van der Waals surface area contributed by atoms with E-state index < -0.39 is 0 Å². The van der Waals surface area contributed by atoms with E-state index in [2.05, 4.69) is 40.4 Å². The van der Waals surface area contributed by atoms with Crippen LogP contribution in [0.15, 0.2) is 67.3 Å². The molecule has 0 bridgehead atoms. The molecule has 0 spiro atoms. The average Bonchev–Trinajstić information content (AvgIpc) is 3.55. The molecular formula is C25H26N6O2. The zero-order valence-corrected chi connectivity index (χ0v) is 18.8. The lowest BCUT2D eigenvalue weighted by Crippen LogP contribution is -2.50. The second-order valence-electron chi connectivity index (χ2n) is 8.33. The highest BCUT2D eigenvalue weighted by molar-refractivity contribution is 5.98. The number of amides is 1. The monoisotopic (exact) mass is 442 g/mol. The van der Waals surface area contributed by atoms with Gasteiger partial charge in [-0.2, -0.15) is 20.1 Å². The van der Waals surface area contributed by atoms with E-state index in [1.54, 1.807) is 18.6 Å². The van der Waals surface area contributed by atoms with E-state index in [0.29, 0.717) is 37.4 Å². The predicted molar refractivity (Wildman–Crippen MR) is 124 cm³/mol. The molecule has 0 radical (unpaired) electrons. The lowest BCUT2D eigenvalue weighted by atomic mass is 9.98. The molecule has 4 aromatic rings. The van der Waals surface area contributed by atoms with E-state index in [0.717, 1.165) is 11.3 Å². The molecule has 2 aromatic heterocycles. The molecular weight excluding hydrogens is 416 g/mol. The number of rotatable bonds is 5. The van der Waals surface area contributed by atoms with Crippen molar-refractivity contribution in [1.82, 2.24) is 29.7 Å². The lowest BCUT2D eigenvalue weighted by molar-refractivity contribution is -0.00169. The second-order valence-corrected chi connectivity index (χ2v) is 8.33. The third kappa shape index (κ3) is 4.29. The number of aryl methyl sites for hydroxylation is 2. The van der Waals surface area contributed by atoms with Gasteiger partial charge in [-0.05, 0) is 61.7 Å². The molecule has 1 atom stereocenters. The van der Waals surface area contributed by atoms with E-state index in [1.165, 1.54) is 15.9 Å². The van der Waals surface area contributed by atoms with Crippen molar-refractivity contribution in [3.63, 3.8) is 0 Å². The van der Waals surface area contributed by atoms with Crippen LogP contribution in [0.3, 0.4) is 0 Å². The number of carbonyl (C=O) groups is 1. The van der Waals surface area contributed by atoms with Crippen LogP contribution < -0.4 is 0 Å². The summed E-state index contributed by atoms with van der Waals surface area (Å²) in [5.41, 5.74) is 5.65. The zero-order valence-electron chi connectivity index (χ0n) is 18.8. The summed E-state index contributed by atoms with van der Waals surface area (Å²) in [6.07, 6.45) is 7.62. The Hall–Kier alpha value is -3.78. The minimum atomic E-state index is -0.0724. The molecule has 0 N–H and O–H groups in total. The van der Waals surface area contributed by atoms with Crippen LogP contribution in [0.2, 0.25) is 0 Å². The van der Waals surface area contributed by atoms with Crippen LogP contribution in [0.5, 0.6) is 0 Å². The Morgan fingerprint density at radius 2 is 1.91 bits per heavy atom. The highest BCUT2D eigenvalue weighted by atomic mass is 16.5. The first-order valence-electron chi connectivity index (χ1n) is 11.1. The largest absolute Gasteiger partial charge is 0.377 e. The molecule has 0 saturated carbocycles. The fourth-order valence-electron chi connectivity index (χ4n) is 4.28. The Kier molecular flexibility index (Phi) is 5.75. The summed E-state index contributed by atoms with van der Waals surface area (Å²) >= 11 is 0. The third-order valence-electron chi connectivity index (χ3n) is 6.06. The normalized spacial score (nSPS) is 16.2. The Bertz CT molecular complexity index is 1250. The van der Waals surface area contributed by atoms with Crippen molar-refractivity contribution >= 4 is 5.91 Å². The van der Waals surface area contributed by atoms with Crippen LogP contribution in [0.25, 0.3) is 11.4 Å². The van der Waals surface area contributed by atoms with Crippen molar-refractivity contribution in [2.24, 2.45) is 0 Å². The molecule has 1 aliphatic heterocycles. The molecule has 33 heavy (non-hydrogen) atoms. The van der Waals surface area contributed by atoms with Crippen molar-refractivity contribution in [3.05, 3.63) is 89.5 Å². The zero-order chi connectivity index (χ0) is 22.8. The van der Waals surface area contributed by atoms with Crippen LogP contribution in [0, 0.1) is 13.8 Å². The van der Waals surface area contributed by atoms with Gasteiger partial charge in [-0.1, -0.05) is 17.7 Å². The Morgan fingerprint density at radius 3 is 2.70 bits per heavy atom. The fraction of sp³-hybridized carbons (Fsp3) is 0.280. The van der Waals surface area contributed by atoms with Crippen LogP contribution in [0.4, 0.5) is 0 Å². The maximum atomic E-state index is 13.8. The van der Waals surface area contributed by atoms with Crippen LogP contribution in [-0.4, -0.2) is 61.4 Å². The Morgan fingerprint density at radius 1 is 1.06 bits per heavy atom. The van der Waals surface area contributed by atoms with Gasteiger partial charge >= 0.3 is 0 Å². The number of hydrogen-bond donors (Lipinski definition) is 0. The third-order valence-corrected chi connectivity index (χ3v) is 6.06. The first kappa shape index (κ1) is 21.1. The minimum absolute atomic E-state index is 0.0276. The SMILES string of the molecule is Cc1ccc(-n2nccn2)c(C(=O)N2CCOCC2Cc2cc(-n3cccn3)ccc2C)c1.